The van der Waals surface area contributed by atoms with Crippen molar-refractivity contribution in [2.24, 2.45) is 5.73 Å². The zero-order chi connectivity index (χ0) is 24.5. The summed E-state index contributed by atoms with van der Waals surface area (Å²) in [6.07, 6.45) is -3.71. The van der Waals surface area contributed by atoms with E-state index in [0.717, 1.165) is 17.7 Å². The third-order valence-electron chi connectivity index (χ3n) is 5.64. The van der Waals surface area contributed by atoms with Crippen LogP contribution in [0, 0.1) is 0 Å². The summed E-state index contributed by atoms with van der Waals surface area (Å²) in [4.78, 5) is 13.0. The number of aliphatic hydroxyl groups excluding tert-OH is 2. The average molecular weight is 473 g/mol. The molecule has 0 bridgehead atoms. The number of alkyl halides is 3. The lowest BCUT2D eigenvalue weighted by molar-refractivity contribution is -0.137. The van der Waals surface area contributed by atoms with E-state index < -0.39 is 17.3 Å². The van der Waals surface area contributed by atoms with Gasteiger partial charge in [0.25, 0.3) is 0 Å². The SMILES string of the molecule is NC(CO)(CO)CCc1ccc2c(=O)c3cc(Oc4cccc(C(F)(F)F)c4)ccc3oc2c1. The Bertz CT molecular complexity index is 1390. The van der Waals surface area contributed by atoms with E-state index in [-0.39, 0.29) is 35.5 Å². The second-order valence-corrected chi connectivity index (χ2v) is 8.23. The Kier molecular flexibility index (Phi) is 6.35. The Labute approximate surface area is 192 Å². The van der Waals surface area contributed by atoms with Crippen molar-refractivity contribution in [2.75, 3.05) is 13.2 Å². The van der Waals surface area contributed by atoms with E-state index in [1.807, 2.05) is 0 Å². The molecule has 0 amide bonds. The summed E-state index contributed by atoms with van der Waals surface area (Å²) in [7, 11) is 0. The summed E-state index contributed by atoms with van der Waals surface area (Å²) in [6.45, 7) is -0.719. The highest BCUT2D eigenvalue weighted by Crippen LogP contribution is 2.33. The van der Waals surface area contributed by atoms with Crippen LogP contribution in [-0.2, 0) is 12.6 Å². The van der Waals surface area contributed by atoms with Crippen molar-refractivity contribution in [3.8, 4) is 11.5 Å². The van der Waals surface area contributed by atoms with Crippen molar-refractivity contribution >= 4 is 21.9 Å². The summed E-state index contributed by atoms with van der Waals surface area (Å²) in [5, 5.41) is 19.3. The molecule has 0 aliphatic rings. The number of hydrogen-bond acceptors (Lipinski definition) is 6. The molecule has 4 N–H and O–H groups in total. The van der Waals surface area contributed by atoms with Crippen LogP contribution in [0.25, 0.3) is 21.9 Å². The Morgan fingerprint density at radius 3 is 2.32 bits per heavy atom. The van der Waals surface area contributed by atoms with E-state index >= 15 is 0 Å². The minimum atomic E-state index is -4.50. The zero-order valence-corrected chi connectivity index (χ0v) is 17.9. The predicted octanol–water partition coefficient (Wildman–Crippen LogP) is 4.37. The monoisotopic (exact) mass is 473 g/mol. The maximum atomic E-state index is 13.0. The number of halogens is 3. The normalized spacial score (nSPS) is 12.4. The first-order valence-electron chi connectivity index (χ1n) is 10.5. The van der Waals surface area contributed by atoms with Gasteiger partial charge in [-0.15, -0.1) is 0 Å². The minimum absolute atomic E-state index is 0.00858. The predicted molar refractivity (Wildman–Crippen MR) is 121 cm³/mol. The third kappa shape index (κ3) is 4.91. The van der Waals surface area contributed by atoms with Crippen molar-refractivity contribution in [3.05, 3.63) is 82.0 Å². The van der Waals surface area contributed by atoms with E-state index in [0.29, 0.717) is 29.4 Å². The van der Waals surface area contributed by atoms with Gasteiger partial charge >= 0.3 is 6.18 Å². The molecule has 0 atom stereocenters. The molecule has 4 rings (SSSR count). The number of benzene rings is 3. The third-order valence-corrected chi connectivity index (χ3v) is 5.64. The van der Waals surface area contributed by atoms with Crippen molar-refractivity contribution in [3.63, 3.8) is 0 Å². The first-order valence-corrected chi connectivity index (χ1v) is 10.5. The Balaban J connectivity index is 1.64. The first-order chi connectivity index (χ1) is 16.1. The van der Waals surface area contributed by atoms with Gasteiger partial charge in [0.1, 0.15) is 22.7 Å². The maximum absolute atomic E-state index is 13.0. The van der Waals surface area contributed by atoms with Crippen LogP contribution in [-0.4, -0.2) is 29.0 Å². The Morgan fingerprint density at radius 1 is 0.882 bits per heavy atom. The molecule has 0 fully saturated rings. The molecule has 0 aliphatic carbocycles. The van der Waals surface area contributed by atoms with Crippen molar-refractivity contribution < 1.29 is 32.5 Å². The van der Waals surface area contributed by atoms with Gasteiger partial charge in [-0.3, -0.25) is 4.79 Å². The second-order valence-electron chi connectivity index (χ2n) is 8.23. The fraction of sp³-hybridized carbons (Fsp3) is 0.240. The second kappa shape index (κ2) is 9.09. The standard InChI is InChI=1S/C25H22F3NO5/c26-25(27,28)16-2-1-3-17(11-16)33-18-5-7-21-20(12-18)23(32)19-6-4-15(10-22(19)34-21)8-9-24(29,13-30)14-31/h1-7,10-12,30-31H,8-9,13-14,29H2. The van der Waals surface area contributed by atoms with Crippen LogP contribution in [0.1, 0.15) is 17.5 Å². The van der Waals surface area contributed by atoms with Crippen LogP contribution < -0.4 is 15.9 Å². The smallest absolute Gasteiger partial charge is 0.416 e. The summed E-state index contributed by atoms with van der Waals surface area (Å²) < 4.78 is 50.3. The summed E-state index contributed by atoms with van der Waals surface area (Å²) in [6, 6.07) is 14.0. The summed E-state index contributed by atoms with van der Waals surface area (Å²) in [5.74, 6) is 0.188. The molecule has 0 spiro atoms. The van der Waals surface area contributed by atoms with Gasteiger partial charge in [0.2, 0.25) is 5.43 Å². The lowest BCUT2D eigenvalue weighted by Gasteiger charge is -2.24. The molecule has 34 heavy (non-hydrogen) atoms. The molecule has 3 aromatic carbocycles. The highest BCUT2D eigenvalue weighted by molar-refractivity contribution is 5.90. The highest BCUT2D eigenvalue weighted by atomic mass is 19.4. The van der Waals surface area contributed by atoms with Gasteiger partial charge in [-0.2, -0.15) is 13.2 Å². The van der Waals surface area contributed by atoms with Crippen LogP contribution >= 0.6 is 0 Å². The van der Waals surface area contributed by atoms with E-state index in [1.165, 1.54) is 30.3 Å². The molecule has 0 radical (unpaired) electrons. The van der Waals surface area contributed by atoms with Crippen LogP contribution in [0.2, 0.25) is 0 Å². The quantitative estimate of drug-likeness (QED) is 0.344. The molecule has 9 heteroatoms. The number of aryl methyl sites for hydroxylation is 1. The fourth-order valence-corrected chi connectivity index (χ4v) is 3.57. The lowest BCUT2D eigenvalue weighted by atomic mass is 9.93. The van der Waals surface area contributed by atoms with Crippen LogP contribution in [0.4, 0.5) is 13.2 Å². The van der Waals surface area contributed by atoms with E-state index in [2.05, 4.69) is 0 Å². The number of hydrogen-bond donors (Lipinski definition) is 3. The van der Waals surface area contributed by atoms with Crippen molar-refractivity contribution in [1.29, 1.82) is 0 Å². The van der Waals surface area contributed by atoms with Gasteiger partial charge in [0, 0.05) is 0 Å². The minimum Gasteiger partial charge on any atom is -0.457 e. The molecular formula is C25H22F3NO5. The Morgan fingerprint density at radius 2 is 1.62 bits per heavy atom. The molecule has 0 unspecified atom stereocenters. The molecule has 178 valence electrons. The average Bonchev–Trinajstić information content (AvgIpc) is 2.82. The number of ether oxygens (including phenoxy) is 1. The van der Waals surface area contributed by atoms with E-state index in [4.69, 9.17) is 14.9 Å². The number of aliphatic hydroxyl groups is 2. The largest absolute Gasteiger partial charge is 0.457 e. The first kappa shape index (κ1) is 23.7. The van der Waals surface area contributed by atoms with E-state index in [1.54, 1.807) is 18.2 Å². The number of fused-ring (bicyclic) bond motifs is 2. The lowest BCUT2D eigenvalue weighted by Crippen LogP contribution is -2.47. The van der Waals surface area contributed by atoms with Crippen LogP contribution in [0.3, 0.4) is 0 Å². The molecule has 0 saturated carbocycles. The molecule has 1 heterocycles. The van der Waals surface area contributed by atoms with Gasteiger partial charge in [-0.05, 0) is 66.9 Å². The van der Waals surface area contributed by atoms with Crippen molar-refractivity contribution in [2.45, 2.75) is 24.6 Å². The number of nitrogens with two attached hydrogens (primary N) is 1. The van der Waals surface area contributed by atoms with Crippen molar-refractivity contribution in [1.82, 2.24) is 0 Å². The topological polar surface area (TPSA) is 106 Å². The fourth-order valence-electron chi connectivity index (χ4n) is 3.57. The van der Waals surface area contributed by atoms with Crippen LogP contribution in [0.5, 0.6) is 11.5 Å². The summed E-state index contributed by atoms with van der Waals surface area (Å²) >= 11 is 0. The maximum Gasteiger partial charge on any atom is 0.416 e. The molecule has 0 saturated heterocycles. The number of rotatable bonds is 7. The van der Waals surface area contributed by atoms with Gasteiger partial charge in [0.05, 0.1) is 35.1 Å². The molecule has 6 nitrogen and oxygen atoms in total. The van der Waals surface area contributed by atoms with E-state index in [9.17, 15) is 28.2 Å². The van der Waals surface area contributed by atoms with Gasteiger partial charge in [-0.25, -0.2) is 0 Å². The molecule has 1 aromatic heterocycles. The highest BCUT2D eigenvalue weighted by Gasteiger charge is 2.30. The molecule has 4 aromatic rings. The zero-order valence-electron chi connectivity index (χ0n) is 17.9. The van der Waals surface area contributed by atoms with Gasteiger partial charge in [-0.1, -0.05) is 12.1 Å². The molecule has 0 aliphatic heterocycles. The Hall–Kier alpha value is -3.40. The van der Waals surface area contributed by atoms with Crippen LogP contribution in [0.15, 0.2) is 69.9 Å². The van der Waals surface area contributed by atoms with Gasteiger partial charge in [0.15, 0.2) is 0 Å². The van der Waals surface area contributed by atoms with Gasteiger partial charge < -0.3 is 25.1 Å². The molecular weight excluding hydrogens is 451 g/mol. The summed E-state index contributed by atoms with van der Waals surface area (Å²) in [5.41, 5.74) is 5.14.